The number of ketones is 2. The molecule has 2 fully saturated rings. The summed E-state index contributed by atoms with van der Waals surface area (Å²) in [5, 5.41) is 25.7. The lowest BCUT2D eigenvalue weighted by molar-refractivity contribution is -0.325. The number of rotatable bonds is 31. The minimum absolute atomic E-state index is 0.00832. The summed E-state index contributed by atoms with van der Waals surface area (Å²) in [6, 6.07) is 33.5. The molecule has 22 heteroatoms. The normalized spacial score (nSPS) is 21.9. The zero-order chi connectivity index (χ0) is 65.7. The molecule has 2 saturated heterocycles. The molecule has 4 aromatic carbocycles. The summed E-state index contributed by atoms with van der Waals surface area (Å²) in [5.41, 5.74) is 0.636. The van der Waals surface area contributed by atoms with Gasteiger partial charge in [-0.15, -0.1) is 0 Å². The summed E-state index contributed by atoms with van der Waals surface area (Å²) in [7, 11) is -9.48. The Morgan fingerprint density at radius 1 is 0.775 bits per heavy atom. The molecule has 0 aliphatic carbocycles. The number of ether oxygens (including phenoxy) is 5. The van der Waals surface area contributed by atoms with Crippen LogP contribution in [0.4, 0.5) is 0 Å². The van der Waals surface area contributed by atoms with Crippen LogP contribution in [0, 0.1) is 25.7 Å². The Balaban J connectivity index is 0.000000344. The second-order valence-electron chi connectivity index (χ2n) is 24.9. The van der Waals surface area contributed by atoms with Gasteiger partial charge in [0, 0.05) is 50.8 Å². The van der Waals surface area contributed by atoms with E-state index in [1.54, 1.807) is 47.8 Å². The number of hydrogen-bond donors (Lipinski definition) is 2. The minimum atomic E-state index is -4.44. The van der Waals surface area contributed by atoms with E-state index in [-0.39, 0.29) is 76.9 Å². The van der Waals surface area contributed by atoms with Crippen LogP contribution < -0.4 is 10.4 Å². The van der Waals surface area contributed by atoms with E-state index < -0.39 is 75.0 Å². The molecule has 0 spiro atoms. The van der Waals surface area contributed by atoms with Crippen LogP contribution in [-0.4, -0.2) is 138 Å². The lowest BCUT2D eigenvalue weighted by Crippen LogP contribution is -2.66. The fourth-order valence-corrected chi connectivity index (χ4v) is 21.1. The number of carbonyl (C=O) groups is 3. The van der Waals surface area contributed by atoms with Crippen LogP contribution in [0.5, 0.6) is 0 Å². The van der Waals surface area contributed by atoms with Crippen molar-refractivity contribution in [2.75, 3.05) is 45.0 Å². The van der Waals surface area contributed by atoms with E-state index >= 15 is 0 Å². The Bertz CT molecular complexity index is 3000. The lowest BCUT2D eigenvalue weighted by atomic mass is 9.78. The third kappa shape index (κ3) is 21.6. The maximum absolute atomic E-state index is 13.1. The van der Waals surface area contributed by atoms with E-state index in [0.29, 0.717) is 45.3 Å². The highest BCUT2D eigenvalue weighted by Crippen LogP contribution is 2.51. The highest BCUT2D eigenvalue weighted by atomic mass is 32.2. The molecule has 2 heterocycles. The molecule has 17 nitrogen and oxygen atoms in total. The van der Waals surface area contributed by atoms with Crippen molar-refractivity contribution in [3.63, 3.8) is 0 Å². The number of benzene rings is 4. The average molecular weight is 1330 g/mol. The standard InChI is InChI=1S/C41H56O7S3Si.C26H42O10S/c1-31-21-23-34(24-22-31)51(45,46)48-38(43)37(42)25-27-41(33(3)49-28-15-29-50-41)40(7,44)26-14-16-32(2)30-47-52(39(4,5)6,35-17-10-8-11-18-35)36-19-12-9-13-20-36;1-6-32-25(31-5)33-18-21-10-9-16-26(28,36-24(35-21)19(2)3)23(27)11-7-8-17-34-37(29,30)22-14-12-20(4)13-15-22/h8-13,17-24,32-33,44H,14-16,25-30H2,1-7H3;12-15,19,21,24-25,28H,6-11,16-18H2,1-5H3. The SMILES string of the molecule is CCOC(OC)OCC1CCCC(O)(C(=O)CCCCOS(=O)(=O)c2ccc(C)cc2)OC(C(C)C)O1.Cc1ccc(S(=O)(=O)OC(=O)C(=O)CCC2(C(C)(O)CCCC(C)CO[Si](c3ccccc3)(c3ccccc3)C(C)(C)C)SCCCSC2C)cc1. The van der Waals surface area contributed by atoms with Crippen molar-refractivity contribution in [2.45, 2.75) is 208 Å². The predicted octanol–water partition coefficient (Wildman–Crippen LogP) is 11.4. The fraction of sp³-hybridized carbons (Fsp3) is 0.597. The van der Waals surface area contributed by atoms with Crippen molar-refractivity contribution in [2.24, 2.45) is 11.8 Å². The van der Waals surface area contributed by atoms with E-state index in [1.165, 1.54) is 41.7 Å². The molecule has 8 atom stereocenters. The summed E-state index contributed by atoms with van der Waals surface area (Å²) in [6.45, 7) is 22.6. The van der Waals surface area contributed by atoms with Gasteiger partial charge in [-0.1, -0.05) is 151 Å². The Morgan fingerprint density at radius 3 is 1.91 bits per heavy atom. The van der Waals surface area contributed by atoms with E-state index in [0.717, 1.165) is 41.9 Å². The first-order chi connectivity index (χ1) is 42.0. The first-order valence-corrected chi connectivity index (χ1v) is 37.8. The van der Waals surface area contributed by atoms with E-state index in [2.05, 4.69) is 83.1 Å². The zero-order valence-electron chi connectivity index (χ0n) is 54.2. The van der Waals surface area contributed by atoms with Gasteiger partial charge in [0.2, 0.25) is 11.6 Å². The molecule has 2 aliphatic rings. The molecular weight excluding hydrogens is 1230 g/mol. The van der Waals surface area contributed by atoms with E-state index in [9.17, 15) is 41.4 Å². The van der Waals surface area contributed by atoms with Crippen LogP contribution in [0.3, 0.4) is 0 Å². The molecule has 6 rings (SSSR count). The van der Waals surface area contributed by atoms with E-state index in [1.807, 2.05) is 53.7 Å². The number of unbranched alkanes of at least 4 members (excludes halogenated alkanes) is 1. The number of thioether (sulfide) groups is 2. The molecule has 0 bridgehead atoms. The molecule has 496 valence electrons. The molecule has 2 N–H and O–H groups in total. The van der Waals surface area contributed by atoms with Gasteiger partial charge in [0.15, 0.2) is 12.1 Å². The second-order valence-corrected chi connectivity index (χ2v) is 35.2. The molecule has 0 aromatic heterocycles. The number of aryl methyl sites for hydroxylation is 2. The second kappa shape index (κ2) is 34.9. The first kappa shape index (κ1) is 75.9. The topological polar surface area (TPSA) is 234 Å². The van der Waals surface area contributed by atoms with Crippen molar-refractivity contribution >= 4 is 80.0 Å². The Hall–Kier alpha value is -3.85. The van der Waals surface area contributed by atoms with Gasteiger partial charge in [-0.25, -0.2) is 4.79 Å². The smallest absolute Gasteiger partial charge is 0.390 e. The van der Waals surface area contributed by atoms with Gasteiger partial charge < -0.3 is 42.5 Å². The predicted molar refractivity (Wildman–Crippen MR) is 353 cm³/mol. The van der Waals surface area contributed by atoms with Crippen LogP contribution in [-0.2, 0) is 71.1 Å². The molecule has 8 unspecified atom stereocenters. The summed E-state index contributed by atoms with van der Waals surface area (Å²) < 4.78 is 94.2. The quantitative estimate of drug-likeness (QED) is 0.0157. The first-order valence-electron chi connectivity index (χ1n) is 31.1. The van der Waals surface area contributed by atoms with Crippen LogP contribution in [0.25, 0.3) is 0 Å². The molecule has 0 amide bonds. The van der Waals surface area contributed by atoms with Gasteiger partial charge in [0.05, 0.1) is 34.6 Å². The van der Waals surface area contributed by atoms with Gasteiger partial charge in [0.25, 0.3) is 24.9 Å². The Labute approximate surface area is 540 Å². The summed E-state index contributed by atoms with van der Waals surface area (Å²) in [4.78, 5) is 38.7. The molecule has 0 saturated carbocycles. The summed E-state index contributed by atoms with van der Waals surface area (Å²) in [5.74, 6) is -2.90. The van der Waals surface area contributed by atoms with Crippen molar-refractivity contribution in [1.29, 1.82) is 0 Å². The largest absolute Gasteiger partial charge is 0.407 e. The van der Waals surface area contributed by atoms with Gasteiger partial charge in [-0.05, 0) is 136 Å². The molecular formula is C67H98O17S4Si. The highest BCUT2D eigenvalue weighted by Gasteiger charge is 2.53. The third-order valence-electron chi connectivity index (χ3n) is 16.3. The molecule has 89 heavy (non-hydrogen) atoms. The number of Topliss-reactive ketones (excluding diaryl/α,β-unsaturated/α-hetero) is 2. The summed E-state index contributed by atoms with van der Waals surface area (Å²) >= 11 is 3.44. The van der Waals surface area contributed by atoms with Crippen molar-refractivity contribution in [3.05, 3.63) is 120 Å². The molecule has 2 aliphatic heterocycles. The van der Waals surface area contributed by atoms with Crippen molar-refractivity contribution in [3.8, 4) is 0 Å². The van der Waals surface area contributed by atoms with Crippen LogP contribution in [0.2, 0.25) is 5.04 Å². The Kier molecular flexibility index (Phi) is 29.7. The maximum atomic E-state index is 13.1. The lowest BCUT2D eigenvalue weighted by Gasteiger charge is -2.48. The number of methoxy groups -OCH3 is 1. The van der Waals surface area contributed by atoms with Gasteiger partial charge >= 0.3 is 16.1 Å². The Morgan fingerprint density at radius 2 is 1.36 bits per heavy atom. The molecule has 0 radical (unpaired) electrons. The molecule has 4 aromatic rings. The zero-order valence-corrected chi connectivity index (χ0v) is 58.5. The fourth-order valence-electron chi connectivity index (χ4n) is 11.1. The van der Waals surface area contributed by atoms with Crippen LogP contribution in [0.1, 0.15) is 150 Å². The number of carbonyl (C=O) groups excluding carboxylic acids is 3. The number of hydrogen-bond acceptors (Lipinski definition) is 19. The van der Waals surface area contributed by atoms with Crippen molar-refractivity contribution < 1.29 is 77.9 Å². The number of aliphatic hydroxyl groups is 2. The van der Waals surface area contributed by atoms with Crippen LogP contribution >= 0.6 is 23.5 Å². The van der Waals surface area contributed by atoms with Gasteiger partial charge in [0.1, 0.15) is 4.90 Å². The van der Waals surface area contributed by atoms with Gasteiger partial charge in [-0.3, -0.25) is 13.8 Å². The minimum Gasteiger partial charge on any atom is -0.407 e. The monoisotopic (exact) mass is 1330 g/mol. The highest BCUT2D eigenvalue weighted by molar-refractivity contribution is 8.05. The third-order valence-corrected chi connectivity index (χ3v) is 27.4. The maximum Gasteiger partial charge on any atom is 0.390 e. The summed E-state index contributed by atoms with van der Waals surface area (Å²) in [6.07, 6.45) is 3.78. The van der Waals surface area contributed by atoms with E-state index in [4.69, 9.17) is 36.5 Å². The average Bonchev–Trinajstić information content (AvgIpc) is 1.16. The van der Waals surface area contributed by atoms with Crippen molar-refractivity contribution in [1.82, 2.24) is 0 Å². The van der Waals surface area contributed by atoms with Gasteiger partial charge in [-0.2, -0.15) is 40.4 Å². The van der Waals surface area contributed by atoms with Crippen LogP contribution in [0.15, 0.2) is 119 Å².